The molecule has 110 valence electrons. The highest BCUT2D eigenvalue weighted by molar-refractivity contribution is 5.56. The molecule has 0 amide bonds. The number of benzene rings is 1. The standard InChI is InChI=1S/C17H19NO3/c1-3-4-5-6-13-7-9-15(16(11-13)20-2)21-17-10-8-14(19)12-18-17/h5-12,19H,3-4H2,1-2H3/b6-5+. The first-order valence-electron chi connectivity index (χ1n) is 6.90. The molecule has 1 heterocycles. The number of hydrogen-bond donors (Lipinski definition) is 1. The maximum absolute atomic E-state index is 9.21. The lowest BCUT2D eigenvalue weighted by Crippen LogP contribution is -1.92. The monoisotopic (exact) mass is 285 g/mol. The van der Waals surface area contributed by atoms with E-state index in [-0.39, 0.29) is 5.75 Å². The van der Waals surface area contributed by atoms with Crippen LogP contribution in [-0.2, 0) is 0 Å². The van der Waals surface area contributed by atoms with E-state index in [2.05, 4.69) is 24.1 Å². The summed E-state index contributed by atoms with van der Waals surface area (Å²) in [6, 6.07) is 8.85. The Bertz CT molecular complexity index is 606. The van der Waals surface area contributed by atoms with Crippen LogP contribution in [0.15, 0.2) is 42.6 Å². The summed E-state index contributed by atoms with van der Waals surface area (Å²) in [6.45, 7) is 2.15. The summed E-state index contributed by atoms with van der Waals surface area (Å²) in [6.07, 6.45) is 7.72. The molecule has 2 rings (SSSR count). The maximum Gasteiger partial charge on any atom is 0.219 e. The van der Waals surface area contributed by atoms with Crippen molar-refractivity contribution in [3.05, 3.63) is 48.2 Å². The van der Waals surface area contributed by atoms with Gasteiger partial charge in [-0.3, -0.25) is 0 Å². The van der Waals surface area contributed by atoms with Crippen LogP contribution >= 0.6 is 0 Å². The minimum atomic E-state index is 0.103. The topological polar surface area (TPSA) is 51.6 Å². The van der Waals surface area contributed by atoms with Gasteiger partial charge < -0.3 is 14.6 Å². The fourth-order valence-corrected chi connectivity index (χ4v) is 1.80. The SMILES string of the molecule is CCC/C=C/c1ccc(Oc2ccc(O)cn2)c(OC)c1. The van der Waals surface area contributed by atoms with Gasteiger partial charge in [-0.1, -0.05) is 31.6 Å². The molecule has 0 fully saturated rings. The smallest absolute Gasteiger partial charge is 0.219 e. The molecule has 0 aliphatic rings. The highest BCUT2D eigenvalue weighted by Gasteiger charge is 2.07. The van der Waals surface area contributed by atoms with Gasteiger partial charge in [-0.05, 0) is 30.2 Å². The summed E-state index contributed by atoms with van der Waals surface area (Å²) in [5.74, 6) is 1.73. The molecule has 0 radical (unpaired) electrons. The van der Waals surface area contributed by atoms with Gasteiger partial charge in [-0.15, -0.1) is 0 Å². The molecular weight excluding hydrogens is 266 g/mol. The van der Waals surface area contributed by atoms with Gasteiger partial charge in [-0.2, -0.15) is 0 Å². The van der Waals surface area contributed by atoms with Crippen LogP contribution < -0.4 is 9.47 Å². The van der Waals surface area contributed by atoms with Crippen molar-refractivity contribution >= 4 is 6.08 Å². The van der Waals surface area contributed by atoms with Crippen molar-refractivity contribution in [1.29, 1.82) is 0 Å². The summed E-state index contributed by atoms with van der Waals surface area (Å²) in [5, 5.41) is 9.21. The Kier molecular flexibility index (Phi) is 5.21. The van der Waals surface area contributed by atoms with Crippen molar-refractivity contribution < 1.29 is 14.6 Å². The van der Waals surface area contributed by atoms with Crippen LogP contribution in [0.5, 0.6) is 23.1 Å². The van der Waals surface area contributed by atoms with E-state index in [1.165, 1.54) is 12.3 Å². The zero-order valence-electron chi connectivity index (χ0n) is 12.2. The van der Waals surface area contributed by atoms with Crippen LogP contribution in [0.4, 0.5) is 0 Å². The lowest BCUT2D eigenvalue weighted by molar-refractivity contribution is 0.373. The third-order valence-corrected chi connectivity index (χ3v) is 2.89. The van der Waals surface area contributed by atoms with Crippen LogP contribution in [0.1, 0.15) is 25.3 Å². The molecule has 1 aromatic heterocycles. The lowest BCUT2D eigenvalue weighted by atomic mass is 10.1. The average Bonchev–Trinajstić information content (AvgIpc) is 2.51. The van der Waals surface area contributed by atoms with E-state index < -0.39 is 0 Å². The molecule has 0 atom stereocenters. The quantitative estimate of drug-likeness (QED) is 0.854. The van der Waals surface area contributed by atoms with Crippen molar-refractivity contribution in [2.24, 2.45) is 0 Å². The molecular formula is C17H19NO3. The molecule has 4 heteroatoms. The van der Waals surface area contributed by atoms with Gasteiger partial charge in [0.15, 0.2) is 11.5 Å². The van der Waals surface area contributed by atoms with Gasteiger partial charge in [0, 0.05) is 6.07 Å². The van der Waals surface area contributed by atoms with Crippen LogP contribution in [0.2, 0.25) is 0 Å². The van der Waals surface area contributed by atoms with E-state index in [1.54, 1.807) is 13.2 Å². The number of allylic oxidation sites excluding steroid dienone is 1. The highest BCUT2D eigenvalue weighted by Crippen LogP contribution is 2.32. The lowest BCUT2D eigenvalue weighted by Gasteiger charge is -2.10. The van der Waals surface area contributed by atoms with Gasteiger partial charge in [-0.25, -0.2) is 4.98 Å². The third-order valence-electron chi connectivity index (χ3n) is 2.89. The Hall–Kier alpha value is -2.49. The Morgan fingerprint density at radius 2 is 2.05 bits per heavy atom. The van der Waals surface area contributed by atoms with Gasteiger partial charge in [0.2, 0.25) is 5.88 Å². The minimum Gasteiger partial charge on any atom is -0.506 e. The highest BCUT2D eigenvalue weighted by atomic mass is 16.5. The predicted molar refractivity (Wildman–Crippen MR) is 82.9 cm³/mol. The molecule has 0 bridgehead atoms. The second-order valence-electron chi connectivity index (χ2n) is 4.56. The van der Waals surface area contributed by atoms with E-state index in [0.717, 1.165) is 18.4 Å². The first kappa shape index (κ1) is 14.9. The molecule has 1 aromatic carbocycles. The molecule has 0 aliphatic carbocycles. The van der Waals surface area contributed by atoms with Crippen LogP contribution in [0.25, 0.3) is 6.08 Å². The average molecular weight is 285 g/mol. The van der Waals surface area contributed by atoms with E-state index in [4.69, 9.17) is 9.47 Å². The Morgan fingerprint density at radius 3 is 2.71 bits per heavy atom. The predicted octanol–water partition coefficient (Wildman–Crippen LogP) is 4.40. The van der Waals surface area contributed by atoms with Crippen LogP contribution in [-0.4, -0.2) is 17.2 Å². The largest absolute Gasteiger partial charge is 0.506 e. The van der Waals surface area contributed by atoms with Crippen LogP contribution in [0, 0.1) is 0 Å². The summed E-state index contributed by atoms with van der Waals surface area (Å²) in [4.78, 5) is 3.99. The number of aromatic nitrogens is 1. The Labute approximate surface area is 124 Å². The second-order valence-corrected chi connectivity index (χ2v) is 4.56. The molecule has 0 saturated heterocycles. The number of rotatable bonds is 6. The normalized spacial score (nSPS) is 10.8. The second kappa shape index (κ2) is 7.33. The molecule has 2 aromatic rings. The molecule has 0 saturated carbocycles. The number of pyridine rings is 1. The molecule has 0 spiro atoms. The van der Waals surface area contributed by atoms with Gasteiger partial charge >= 0.3 is 0 Å². The Balaban J connectivity index is 2.17. The first-order chi connectivity index (χ1) is 10.2. The first-order valence-corrected chi connectivity index (χ1v) is 6.90. The van der Waals surface area contributed by atoms with Crippen molar-refractivity contribution in [3.8, 4) is 23.1 Å². The molecule has 4 nitrogen and oxygen atoms in total. The van der Waals surface area contributed by atoms with Crippen molar-refractivity contribution in [1.82, 2.24) is 4.98 Å². The van der Waals surface area contributed by atoms with E-state index >= 15 is 0 Å². The molecule has 0 unspecified atom stereocenters. The van der Waals surface area contributed by atoms with Crippen molar-refractivity contribution in [2.75, 3.05) is 7.11 Å². The van der Waals surface area contributed by atoms with Crippen LogP contribution in [0.3, 0.4) is 0 Å². The third kappa shape index (κ3) is 4.24. The van der Waals surface area contributed by atoms with E-state index in [0.29, 0.717) is 17.4 Å². The summed E-state index contributed by atoms with van der Waals surface area (Å²) in [5.41, 5.74) is 1.06. The number of hydrogen-bond acceptors (Lipinski definition) is 4. The van der Waals surface area contributed by atoms with E-state index in [9.17, 15) is 5.11 Å². The number of ether oxygens (including phenoxy) is 2. The fraction of sp³-hybridized carbons (Fsp3) is 0.235. The zero-order valence-corrected chi connectivity index (χ0v) is 12.2. The molecule has 1 N–H and O–H groups in total. The van der Waals surface area contributed by atoms with Crippen molar-refractivity contribution in [3.63, 3.8) is 0 Å². The number of nitrogens with zero attached hydrogens (tertiary/aromatic N) is 1. The van der Waals surface area contributed by atoms with Gasteiger partial charge in [0.1, 0.15) is 5.75 Å². The summed E-state index contributed by atoms with van der Waals surface area (Å²) in [7, 11) is 1.60. The number of methoxy groups -OCH3 is 1. The number of aromatic hydroxyl groups is 1. The zero-order chi connectivity index (χ0) is 15.1. The summed E-state index contributed by atoms with van der Waals surface area (Å²) >= 11 is 0. The van der Waals surface area contributed by atoms with Crippen molar-refractivity contribution in [2.45, 2.75) is 19.8 Å². The number of unbranched alkanes of at least 4 members (excludes halogenated alkanes) is 1. The van der Waals surface area contributed by atoms with Gasteiger partial charge in [0.05, 0.1) is 13.3 Å². The maximum atomic E-state index is 9.21. The van der Waals surface area contributed by atoms with Gasteiger partial charge in [0.25, 0.3) is 0 Å². The molecule has 21 heavy (non-hydrogen) atoms. The Morgan fingerprint density at radius 1 is 1.19 bits per heavy atom. The molecule has 0 aliphatic heterocycles. The fourth-order valence-electron chi connectivity index (χ4n) is 1.80. The minimum absolute atomic E-state index is 0.103. The summed E-state index contributed by atoms with van der Waals surface area (Å²) < 4.78 is 11.0. The van der Waals surface area contributed by atoms with E-state index in [1.807, 2.05) is 18.2 Å².